The number of fused-ring (bicyclic) bond motifs is 13. The third kappa shape index (κ3) is 3.25. The Bertz CT molecular complexity index is 2900. The van der Waals surface area contributed by atoms with Crippen LogP contribution in [0.15, 0.2) is 143 Å². The maximum Gasteiger partial charge on any atom is 0.263 e. The molecule has 5 heterocycles. The van der Waals surface area contributed by atoms with Crippen molar-refractivity contribution in [3.63, 3.8) is 0 Å². The van der Waals surface area contributed by atoms with Crippen LogP contribution in [0.5, 0.6) is 0 Å². The van der Waals surface area contributed by atoms with Crippen molar-refractivity contribution in [2.24, 2.45) is 0 Å². The molecule has 10 aromatic rings. The van der Waals surface area contributed by atoms with Gasteiger partial charge >= 0.3 is 0 Å². The van der Waals surface area contributed by atoms with Gasteiger partial charge in [-0.1, -0.05) is 84.9 Å². The van der Waals surface area contributed by atoms with E-state index in [4.69, 9.17) is 14.4 Å². The van der Waals surface area contributed by atoms with E-state index in [1.165, 1.54) is 0 Å². The summed E-state index contributed by atoms with van der Waals surface area (Å²) in [4.78, 5) is 25.3. The maximum atomic E-state index is 14.8. The molecule has 6 nitrogen and oxygen atoms in total. The molecular formula is C39H22N4O2. The Labute approximate surface area is 255 Å². The van der Waals surface area contributed by atoms with Gasteiger partial charge in [-0.05, 0) is 48.5 Å². The van der Waals surface area contributed by atoms with Crippen LogP contribution >= 0.6 is 0 Å². The highest BCUT2D eigenvalue weighted by atomic mass is 16.3. The Morgan fingerprint density at radius 1 is 0.533 bits per heavy atom. The van der Waals surface area contributed by atoms with Crippen molar-refractivity contribution in [3.05, 3.63) is 144 Å². The number of benzene rings is 5. The van der Waals surface area contributed by atoms with Gasteiger partial charge in [0.2, 0.25) is 0 Å². The molecule has 45 heavy (non-hydrogen) atoms. The highest BCUT2D eigenvalue weighted by molar-refractivity contribution is 6.22. The lowest BCUT2D eigenvalue weighted by Gasteiger charge is -2.18. The van der Waals surface area contributed by atoms with Crippen molar-refractivity contribution in [1.29, 1.82) is 0 Å². The molecule has 0 aliphatic carbocycles. The van der Waals surface area contributed by atoms with E-state index in [0.29, 0.717) is 5.39 Å². The lowest BCUT2D eigenvalue weighted by atomic mass is 10.0. The molecule has 0 radical (unpaired) electrons. The fourth-order valence-electron chi connectivity index (χ4n) is 6.98. The lowest BCUT2D eigenvalue weighted by Crippen LogP contribution is -2.20. The van der Waals surface area contributed by atoms with Crippen molar-refractivity contribution < 1.29 is 4.42 Å². The van der Waals surface area contributed by atoms with Gasteiger partial charge in [0, 0.05) is 27.1 Å². The van der Waals surface area contributed by atoms with Gasteiger partial charge in [-0.2, -0.15) is 0 Å². The van der Waals surface area contributed by atoms with Gasteiger partial charge in [0.15, 0.2) is 0 Å². The zero-order chi connectivity index (χ0) is 29.6. The quantitative estimate of drug-likeness (QED) is 0.192. The molecule has 0 saturated heterocycles. The third-order valence-corrected chi connectivity index (χ3v) is 8.91. The zero-order valence-corrected chi connectivity index (χ0v) is 23.8. The van der Waals surface area contributed by atoms with E-state index in [0.717, 1.165) is 82.9 Å². The van der Waals surface area contributed by atoms with Gasteiger partial charge < -0.3 is 4.42 Å². The maximum absolute atomic E-state index is 14.8. The second-order valence-corrected chi connectivity index (χ2v) is 11.4. The molecule has 0 aliphatic heterocycles. The van der Waals surface area contributed by atoms with E-state index in [-0.39, 0.29) is 5.56 Å². The fourth-order valence-corrected chi connectivity index (χ4v) is 6.98. The predicted molar refractivity (Wildman–Crippen MR) is 181 cm³/mol. The van der Waals surface area contributed by atoms with Crippen LogP contribution in [-0.2, 0) is 0 Å². The van der Waals surface area contributed by atoms with Crippen molar-refractivity contribution in [2.45, 2.75) is 0 Å². The summed E-state index contributed by atoms with van der Waals surface area (Å²) in [6, 6.07) is 44.1. The molecule has 0 amide bonds. The van der Waals surface area contributed by atoms with Crippen LogP contribution in [0.3, 0.4) is 0 Å². The molecule has 6 heteroatoms. The molecule has 10 rings (SSSR count). The molecule has 0 aliphatic rings. The second-order valence-electron chi connectivity index (χ2n) is 11.4. The zero-order valence-electron chi connectivity index (χ0n) is 23.8. The van der Waals surface area contributed by atoms with Crippen LogP contribution in [0.25, 0.3) is 88.3 Å². The summed E-state index contributed by atoms with van der Waals surface area (Å²) in [5.41, 5.74) is 8.10. The number of imidazole rings is 1. The molecule has 0 saturated carbocycles. The van der Waals surface area contributed by atoms with Crippen LogP contribution < -0.4 is 5.56 Å². The Morgan fingerprint density at radius 2 is 1.27 bits per heavy atom. The number of pyridine rings is 3. The van der Waals surface area contributed by atoms with Gasteiger partial charge in [-0.25, -0.2) is 9.97 Å². The number of furan rings is 1. The summed E-state index contributed by atoms with van der Waals surface area (Å²) >= 11 is 0. The molecule has 0 bridgehead atoms. The average Bonchev–Trinajstić information content (AvgIpc) is 3.68. The Balaban J connectivity index is 1.51. The number of hydrogen-bond acceptors (Lipinski definition) is 4. The van der Waals surface area contributed by atoms with E-state index in [2.05, 4.69) is 28.7 Å². The van der Waals surface area contributed by atoms with Crippen LogP contribution in [0, 0.1) is 0 Å². The number of nitrogens with zero attached hydrogens (tertiary/aromatic N) is 4. The average molecular weight is 579 g/mol. The number of hydrogen-bond donors (Lipinski definition) is 0. The van der Waals surface area contributed by atoms with E-state index in [1.807, 2.05) is 114 Å². The summed E-state index contributed by atoms with van der Waals surface area (Å²) in [6.45, 7) is 0. The largest absolute Gasteiger partial charge is 0.456 e. The molecule has 0 spiro atoms. The molecule has 0 fully saturated rings. The van der Waals surface area contributed by atoms with Gasteiger partial charge in [0.1, 0.15) is 22.5 Å². The highest BCUT2D eigenvalue weighted by Crippen LogP contribution is 2.39. The molecule has 210 valence electrons. The minimum Gasteiger partial charge on any atom is -0.456 e. The summed E-state index contributed by atoms with van der Waals surface area (Å²) in [6.07, 6.45) is 0. The van der Waals surface area contributed by atoms with Gasteiger partial charge in [0.25, 0.3) is 5.56 Å². The van der Waals surface area contributed by atoms with Gasteiger partial charge in [0.05, 0.1) is 38.7 Å². The van der Waals surface area contributed by atoms with Crippen LogP contribution in [0.1, 0.15) is 0 Å². The van der Waals surface area contributed by atoms with E-state index in [9.17, 15) is 4.79 Å². The molecule has 5 aromatic carbocycles. The van der Waals surface area contributed by atoms with E-state index >= 15 is 0 Å². The van der Waals surface area contributed by atoms with Crippen molar-refractivity contribution in [1.82, 2.24) is 18.9 Å². The standard InChI is InChI=1S/C39H22N4O2/c44-39-25-14-5-4-13-24(25)35-36(42(39)31-18-10-20-33-34(31)26-15-6-9-19-32(26)45-33)27-21-22-28(23-11-2-1-3-12-23)40-37(27)43-30-17-8-7-16-29(30)41-38(35)43/h1-22H. The van der Waals surface area contributed by atoms with Crippen molar-refractivity contribution >= 4 is 71.3 Å². The minimum absolute atomic E-state index is 0.107. The lowest BCUT2D eigenvalue weighted by molar-refractivity contribution is 0.669. The predicted octanol–water partition coefficient (Wildman–Crippen LogP) is 9.06. The Hall–Kier alpha value is -6.27. The SMILES string of the molecule is O=c1c2ccccc2c2c(c3ccc(-c4ccccc4)nc3n3c4ccccc4nc23)n1-c1cccc2oc3ccccc3c12. The first kappa shape index (κ1) is 24.2. The molecule has 0 unspecified atom stereocenters. The van der Waals surface area contributed by atoms with E-state index < -0.39 is 0 Å². The Morgan fingerprint density at radius 3 is 2.16 bits per heavy atom. The summed E-state index contributed by atoms with van der Waals surface area (Å²) in [5.74, 6) is 0. The smallest absolute Gasteiger partial charge is 0.263 e. The van der Waals surface area contributed by atoms with E-state index in [1.54, 1.807) is 0 Å². The normalized spacial score (nSPS) is 12.1. The first-order valence-corrected chi connectivity index (χ1v) is 14.9. The van der Waals surface area contributed by atoms with Gasteiger partial charge in [-0.3, -0.25) is 13.8 Å². The summed E-state index contributed by atoms with van der Waals surface area (Å²) in [5, 5.41) is 5.07. The second kappa shape index (κ2) is 8.88. The summed E-state index contributed by atoms with van der Waals surface area (Å²) < 4.78 is 10.3. The molecular weight excluding hydrogens is 556 g/mol. The topological polar surface area (TPSA) is 65.3 Å². The first-order valence-electron chi connectivity index (χ1n) is 14.9. The van der Waals surface area contributed by atoms with Crippen LogP contribution in [-0.4, -0.2) is 18.9 Å². The molecule has 5 aromatic heterocycles. The highest BCUT2D eigenvalue weighted by Gasteiger charge is 2.24. The molecule has 0 atom stereocenters. The third-order valence-electron chi connectivity index (χ3n) is 8.91. The van der Waals surface area contributed by atoms with Crippen molar-refractivity contribution in [2.75, 3.05) is 0 Å². The fraction of sp³-hybridized carbons (Fsp3) is 0. The van der Waals surface area contributed by atoms with Crippen LogP contribution in [0.4, 0.5) is 0 Å². The minimum atomic E-state index is -0.107. The number of aromatic nitrogens is 4. The monoisotopic (exact) mass is 578 g/mol. The van der Waals surface area contributed by atoms with Gasteiger partial charge in [-0.15, -0.1) is 0 Å². The Kier molecular flexibility index (Phi) is 4.77. The number of para-hydroxylation sites is 3. The van der Waals surface area contributed by atoms with Crippen molar-refractivity contribution in [3.8, 4) is 16.9 Å². The molecule has 0 N–H and O–H groups in total. The van der Waals surface area contributed by atoms with Crippen LogP contribution in [0.2, 0.25) is 0 Å². The first-order chi connectivity index (χ1) is 22.3. The summed E-state index contributed by atoms with van der Waals surface area (Å²) in [7, 11) is 0. The number of rotatable bonds is 2.